The molecule has 0 radical (unpaired) electrons. The third-order valence-corrected chi connectivity index (χ3v) is 3.95. The molecule has 4 rings (SSSR count). The Morgan fingerprint density at radius 3 is 2.59 bits per heavy atom. The van der Waals surface area contributed by atoms with Crippen LogP contribution >= 0.6 is 0 Å². The van der Waals surface area contributed by atoms with Crippen molar-refractivity contribution >= 4 is 17.7 Å². The number of nitrogens with two attached hydrogens (primary N) is 1. The largest absolute Gasteiger partial charge is 0.368 e. The van der Waals surface area contributed by atoms with E-state index >= 15 is 0 Å². The van der Waals surface area contributed by atoms with E-state index in [9.17, 15) is 0 Å². The molecule has 0 amide bonds. The molecule has 0 saturated heterocycles. The third-order valence-electron chi connectivity index (χ3n) is 3.95. The first-order chi connectivity index (χ1) is 10.8. The normalized spacial score (nSPS) is 15.5. The lowest BCUT2D eigenvalue weighted by atomic mass is 10.2. The van der Waals surface area contributed by atoms with E-state index in [4.69, 9.17) is 5.73 Å². The Labute approximate surface area is 127 Å². The van der Waals surface area contributed by atoms with Crippen molar-refractivity contribution in [1.29, 1.82) is 0 Å². The molecule has 3 aromatic rings. The molecule has 0 unspecified atom stereocenters. The number of fused-ring (bicyclic) bond motifs is 1. The average molecular weight is 295 g/mol. The molecule has 3 N–H and O–H groups in total. The van der Waals surface area contributed by atoms with E-state index in [-0.39, 0.29) is 5.95 Å². The van der Waals surface area contributed by atoms with Gasteiger partial charge in [0.2, 0.25) is 11.9 Å². The Hall–Kier alpha value is -2.70. The predicted molar refractivity (Wildman–Crippen MR) is 84.3 cm³/mol. The molecule has 2 aromatic heterocycles. The maximum absolute atomic E-state index is 5.80. The van der Waals surface area contributed by atoms with Gasteiger partial charge < -0.3 is 11.1 Å². The summed E-state index contributed by atoms with van der Waals surface area (Å²) in [7, 11) is 0. The second-order valence-electron chi connectivity index (χ2n) is 5.54. The van der Waals surface area contributed by atoms with Crippen molar-refractivity contribution in [3.8, 4) is 11.4 Å². The fourth-order valence-corrected chi connectivity index (χ4v) is 2.86. The molecular weight excluding hydrogens is 278 g/mol. The highest BCUT2D eigenvalue weighted by molar-refractivity contribution is 5.58. The highest BCUT2D eigenvalue weighted by Crippen LogP contribution is 2.23. The van der Waals surface area contributed by atoms with Gasteiger partial charge in [-0.2, -0.15) is 19.5 Å². The summed E-state index contributed by atoms with van der Waals surface area (Å²) in [5, 5.41) is 7.95. The first-order valence-electron chi connectivity index (χ1n) is 7.52. The third kappa shape index (κ3) is 2.34. The van der Waals surface area contributed by atoms with Gasteiger partial charge in [0.25, 0.3) is 5.78 Å². The molecule has 2 heterocycles. The molecular formula is C15H17N7. The quantitative estimate of drug-likeness (QED) is 0.768. The van der Waals surface area contributed by atoms with Crippen molar-refractivity contribution in [1.82, 2.24) is 24.6 Å². The van der Waals surface area contributed by atoms with E-state index in [0.717, 1.165) is 18.4 Å². The summed E-state index contributed by atoms with van der Waals surface area (Å²) in [4.78, 5) is 12.9. The lowest BCUT2D eigenvalue weighted by molar-refractivity contribution is 0.730. The lowest BCUT2D eigenvalue weighted by Gasteiger charge is -2.12. The molecule has 112 valence electrons. The van der Waals surface area contributed by atoms with Crippen LogP contribution in [0.25, 0.3) is 17.2 Å². The lowest BCUT2D eigenvalue weighted by Crippen LogP contribution is -2.19. The van der Waals surface area contributed by atoms with Crippen LogP contribution in [0.2, 0.25) is 0 Å². The zero-order valence-corrected chi connectivity index (χ0v) is 12.1. The summed E-state index contributed by atoms with van der Waals surface area (Å²) in [5.74, 6) is 1.91. The molecule has 1 aliphatic rings. The van der Waals surface area contributed by atoms with Crippen LogP contribution in [0.4, 0.5) is 11.9 Å². The van der Waals surface area contributed by atoms with E-state index in [0.29, 0.717) is 23.6 Å². The summed E-state index contributed by atoms with van der Waals surface area (Å²) in [6, 6.07) is 10.2. The number of benzene rings is 1. The highest BCUT2D eigenvalue weighted by atomic mass is 15.4. The van der Waals surface area contributed by atoms with Crippen LogP contribution in [0, 0.1) is 0 Å². The van der Waals surface area contributed by atoms with Gasteiger partial charge in [-0.05, 0) is 12.8 Å². The van der Waals surface area contributed by atoms with Crippen LogP contribution in [0.3, 0.4) is 0 Å². The Kier molecular flexibility index (Phi) is 3.10. The minimum absolute atomic E-state index is 0.208. The molecule has 1 fully saturated rings. The van der Waals surface area contributed by atoms with Crippen LogP contribution in [-0.2, 0) is 0 Å². The van der Waals surface area contributed by atoms with Crippen LogP contribution in [0.15, 0.2) is 30.3 Å². The zero-order chi connectivity index (χ0) is 14.9. The first kappa shape index (κ1) is 13.0. The number of hydrogen-bond acceptors (Lipinski definition) is 6. The standard InChI is InChI=1S/C15H17N7/c16-13-19-14(17-11-8-4-5-9-11)22-15(20-13)18-12(21-22)10-6-2-1-3-7-10/h1-3,6-7,11H,4-5,8-9H2,(H3,16,17,18,19,20,21). The highest BCUT2D eigenvalue weighted by Gasteiger charge is 2.19. The number of nitrogen functional groups attached to an aromatic ring is 1. The molecule has 7 nitrogen and oxygen atoms in total. The number of nitrogens with one attached hydrogen (secondary N) is 1. The Bertz CT molecular complexity index is 790. The van der Waals surface area contributed by atoms with Crippen LogP contribution in [0.5, 0.6) is 0 Å². The summed E-state index contributed by atoms with van der Waals surface area (Å²) in [5.41, 5.74) is 6.75. The van der Waals surface area contributed by atoms with E-state index in [2.05, 4.69) is 25.4 Å². The maximum Gasteiger partial charge on any atom is 0.259 e. The molecule has 1 aliphatic carbocycles. The van der Waals surface area contributed by atoms with Gasteiger partial charge in [-0.1, -0.05) is 43.2 Å². The molecule has 0 bridgehead atoms. The monoisotopic (exact) mass is 295 g/mol. The Morgan fingerprint density at radius 2 is 1.82 bits per heavy atom. The van der Waals surface area contributed by atoms with E-state index < -0.39 is 0 Å². The molecule has 0 atom stereocenters. The number of anilines is 2. The second kappa shape index (κ2) is 5.25. The van der Waals surface area contributed by atoms with Gasteiger partial charge in [-0.3, -0.25) is 0 Å². The smallest absolute Gasteiger partial charge is 0.259 e. The zero-order valence-electron chi connectivity index (χ0n) is 12.1. The number of nitrogens with zero attached hydrogens (tertiary/aromatic N) is 5. The number of hydrogen-bond donors (Lipinski definition) is 2. The molecule has 1 saturated carbocycles. The maximum atomic E-state index is 5.80. The van der Waals surface area contributed by atoms with Gasteiger partial charge in [0.1, 0.15) is 0 Å². The van der Waals surface area contributed by atoms with Gasteiger partial charge >= 0.3 is 0 Å². The van der Waals surface area contributed by atoms with Crippen molar-refractivity contribution in [2.24, 2.45) is 0 Å². The topological polar surface area (TPSA) is 94.0 Å². The number of aromatic nitrogens is 5. The average Bonchev–Trinajstić information content (AvgIpc) is 3.17. The molecule has 22 heavy (non-hydrogen) atoms. The molecule has 0 spiro atoms. The molecule has 1 aromatic carbocycles. The summed E-state index contributed by atoms with van der Waals surface area (Å²) >= 11 is 0. The van der Waals surface area contributed by atoms with Crippen molar-refractivity contribution in [3.05, 3.63) is 30.3 Å². The predicted octanol–water partition coefficient (Wildman–Crippen LogP) is 2.12. The number of rotatable bonds is 3. The van der Waals surface area contributed by atoms with Gasteiger partial charge in [0, 0.05) is 11.6 Å². The van der Waals surface area contributed by atoms with Crippen molar-refractivity contribution < 1.29 is 0 Å². The fourth-order valence-electron chi connectivity index (χ4n) is 2.86. The minimum Gasteiger partial charge on any atom is -0.368 e. The van der Waals surface area contributed by atoms with Gasteiger partial charge in [-0.25, -0.2) is 0 Å². The van der Waals surface area contributed by atoms with Crippen molar-refractivity contribution in [2.75, 3.05) is 11.1 Å². The van der Waals surface area contributed by atoms with Crippen molar-refractivity contribution in [2.45, 2.75) is 31.7 Å². The Morgan fingerprint density at radius 1 is 1.05 bits per heavy atom. The van der Waals surface area contributed by atoms with E-state index in [1.165, 1.54) is 12.8 Å². The first-order valence-corrected chi connectivity index (χ1v) is 7.52. The van der Waals surface area contributed by atoms with Crippen LogP contribution < -0.4 is 11.1 Å². The fraction of sp³-hybridized carbons (Fsp3) is 0.333. The SMILES string of the molecule is Nc1nc(NC2CCCC2)n2nc(-c3ccccc3)nc2n1. The van der Waals surface area contributed by atoms with E-state index in [1.807, 2.05) is 30.3 Å². The van der Waals surface area contributed by atoms with Crippen LogP contribution in [0.1, 0.15) is 25.7 Å². The summed E-state index contributed by atoms with van der Waals surface area (Å²) < 4.78 is 1.64. The van der Waals surface area contributed by atoms with Gasteiger partial charge in [0.15, 0.2) is 5.82 Å². The van der Waals surface area contributed by atoms with Crippen molar-refractivity contribution in [3.63, 3.8) is 0 Å². The second-order valence-corrected chi connectivity index (χ2v) is 5.54. The minimum atomic E-state index is 0.208. The van der Waals surface area contributed by atoms with Gasteiger partial charge in [-0.15, -0.1) is 5.10 Å². The van der Waals surface area contributed by atoms with E-state index in [1.54, 1.807) is 4.52 Å². The van der Waals surface area contributed by atoms with Crippen LogP contribution in [-0.4, -0.2) is 30.6 Å². The molecule has 7 heteroatoms. The molecule has 0 aliphatic heterocycles. The Balaban J connectivity index is 1.77. The van der Waals surface area contributed by atoms with Gasteiger partial charge in [0.05, 0.1) is 0 Å². The summed E-state index contributed by atoms with van der Waals surface area (Å²) in [6.45, 7) is 0. The summed E-state index contributed by atoms with van der Waals surface area (Å²) in [6.07, 6.45) is 4.78.